The minimum Gasteiger partial charge on any atom is -0.507 e. The van der Waals surface area contributed by atoms with Gasteiger partial charge in [-0.15, -0.1) is 0 Å². The SMILES string of the molecule is NCCCc1ccc(O)c(Br)c1F. The molecule has 13 heavy (non-hydrogen) atoms. The Bertz CT molecular complexity index is 304. The van der Waals surface area contributed by atoms with Crippen LogP contribution in [0.4, 0.5) is 4.39 Å². The quantitative estimate of drug-likeness (QED) is 0.861. The molecule has 0 aliphatic rings. The summed E-state index contributed by atoms with van der Waals surface area (Å²) in [5, 5.41) is 9.14. The molecule has 0 saturated carbocycles. The number of benzene rings is 1. The van der Waals surface area contributed by atoms with E-state index in [2.05, 4.69) is 15.9 Å². The Kier molecular flexibility index (Phi) is 3.69. The molecular formula is C9H11BrFNO. The Morgan fingerprint density at radius 3 is 2.77 bits per heavy atom. The first-order valence-corrected chi connectivity index (χ1v) is 4.82. The lowest BCUT2D eigenvalue weighted by Crippen LogP contribution is -2.01. The second kappa shape index (κ2) is 4.58. The molecule has 0 saturated heterocycles. The summed E-state index contributed by atoms with van der Waals surface area (Å²) in [5.74, 6) is -0.470. The van der Waals surface area contributed by atoms with Gasteiger partial charge in [0.05, 0.1) is 4.47 Å². The van der Waals surface area contributed by atoms with E-state index in [-0.39, 0.29) is 10.2 Å². The molecule has 4 heteroatoms. The molecule has 0 aliphatic heterocycles. The third-order valence-corrected chi connectivity index (χ3v) is 2.55. The fourth-order valence-electron chi connectivity index (χ4n) is 1.06. The van der Waals surface area contributed by atoms with Crippen molar-refractivity contribution in [1.29, 1.82) is 0 Å². The molecule has 1 aromatic rings. The average molecular weight is 248 g/mol. The molecule has 0 aromatic heterocycles. The summed E-state index contributed by atoms with van der Waals surface area (Å²) in [7, 11) is 0. The average Bonchev–Trinajstić information content (AvgIpc) is 2.13. The molecule has 0 heterocycles. The van der Waals surface area contributed by atoms with E-state index in [1.54, 1.807) is 6.07 Å². The number of hydrogen-bond acceptors (Lipinski definition) is 2. The number of rotatable bonds is 3. The predicted molar refractivity (Wildman–Crippen MR) is 53.1 cm³/mol. The van der Waals surface area contributed by atoms with Crippen LogP contribution in [0.1, 0.15) is 12.0 Å². The Morgan fingerprint density at radius 1 is 1.46 bits per heavy atom. The van der Waals surface area contributed by atoms with Gasteiger partial charge in [0.1, 0.15) is 11.6 Å². The highest BCUT2D eigenvalue weighted by molar-refractivity contribution is 9.10. The second-order valence-corrected chi connectivity index (χ2v) is 3.56. The van der Waals surface area contributed by atoms with E-state index in [1.165, 1.54) is 6.07 Å². The molecule has 0 fully saturated rings. The first kappa shape index (κ1) is 10.5. The van der Waals surface area contributed by atoms with Gasteiger partial charge in [-0.2, -0.15) is 0 Å². The first-order valence-electron chi connectivity index (χ1n) is 4.02. The maximum Gasteiger partial charge on any atom is 0.144 e. The van der Waals surface area contributed by atoms with Crippen LogP contribution >= 0.6 is 15.9 Å². The lowest BCUT2D eigenvalue weighted by atomic mass is 10.1. The summed E-state index contributed by atoms with van der Waals surface area (Å²) < 4.78 is 13.5. The molecule has 1 aromatic carbocycles. The van der Waals surface area contributed by atoms with E-state index >= 15 is 0 Å². The zero-order chi connectivity index (χ0) is 9.84. The van der Waals surface area contributed by atoms with Crippen molar-refractivity contribution >= 4 is 15.9 Å². The van der Waals surface area contributed by atoms with Crippen LogP contribution in [-0.4, -0.2) is 11.7 Å². The van der Waals surface area contributed by atoms with Gasteiger partial charge < -0.3 is 10.8 Å². The minimum absolute atomic E-state index is 0.0750. The standard InChI is InChI=1S/C9H11BrFNO/c10-8-7(13)4-3-6(9(8)11)2-1-5-12/h3-4,13H,1-2,5,12H2. The van der Waals surface area contributed by atoms with Crippen molar-refractivity contribution in [3.05, 3.63) is 28.0 Å². The summed E-state index contributed by atoms with van der Waals surface area (Å²) >= 11 is 2.97. The van der Waals surface area contributed by atoms with Gasteiger partial charge in [0.2, 0.25) is 0 Å². The van der Waals surface area contributed by atoms with E-state index < -0.39 is 5.82 Å². The summed E-state index contributed by atoms with van der Waals surface area (Å²) in [6, 6.07) is 3.05. The van der Waals surface area contributed by atoms with Crippen LogP contribution in [0, 0.1) is 5.82 Å². The molecular weight excluding hydrogens is 237 g/mol. The molecule has 72 valence electrons. The molecule has 0 amide bonds. The van der Waals surface area contributed by atoms with E-state index in [9.17, 15) is 4.39 Å². The molecule has 2 nitrogen and oxygen atoms in total. The summed E-state index contributed by atoms with van der Waals surface area (Å²) in [6.07, 6.45) is 1.34. The van der Waals surface area contributed by atoms with Gasteiger partial charge in [0.15, 0.2) is 0 Å². The highest BCUT2D eigenvalue weighted by Gasteiger charge is 2.09. The summed E-state index contributed by atoms with van der Waals surface area (Å²) in [5.41, 5.74) is 5.89. The molecule has 0 bridgehead atoms. The van der Waals surface area contributed by atoms with Gasteiger partial charge in [-0.1, -0.05) is 6.07 Å². The third-order valence-electron chi connectivity index (χ3n) is 1.79. The molecule has 0 atom stereocenters. The van der Waals surface area contributed by atoms with Crippen molar-refractivity contribution in [2.75, 3.05) is 6.54 Å². The number of phenolic OH excluding ortho intramolecular Hbond substituents is 1. The van der Waals surface area contributed by atoms with Crippen molar-refractivity contribution in [2.24, 2.45) is 5.73 Å². The normalized spacial score (nSPS) is 10.4. The molecule has 0 radical (unpaired) electrons. The highest BCUT2D eigenvalue weighted by atomic mass is 79.9. The number of hydrogen-bond donors (Lipinski definition) is 2. The first-order chi connectivity index (χ1) is 6.16. The largest absolute Gasteiger partial charge is 0.507 e. The monoisotopic (exact) mass is 247 g/mol. The zero-order valence-corrected chi connectivity index (χ0v) is 8.64. The Balaban J connectivity index is 2.90. The molecule has 3 N–H and O–H groups in total. The lowest BCUT2D eigenvalue weighted by molar-refractivity contribution is 0.462. The van der Waals surface area contributed by atoms with Crippen LogP contribution in [0.5, 0.6) is 5.75 Å². The van der Waals surface area contributed by atoms with Crippen LogP contribution in [0.15, 0.2) is 16.6 Å². The van der Waals surface area contributed by atoms with Crippen molar-refractivity contribution in [1.82, 2.24) is 0 Å². The van der Waals surface area contributed by atoms with Crippen molar-refractivity contribution in [3.63, 3.8) is 0 Å². The molecule has 0 spiro atoms. The van der Waals surface area contributed by atoms with Crippen LogP contribution < -0.4 is 5.73 Å². The van der Waals surface area contributed by atoms with E-state index in [0.717, 1.165) is 6.42 Å². The van der Waals surface area contributed by atoms with E-state index in [0.29, 0.717) is 18.5 Å². The highest BCUT2D eigenvalue weighted by Crippen LogP contribution is 2.29. The maximum atomic E-state index is 13.3. The van der Waals surface area contributed by atoms with Gasteiger partial charge in [-0.05, 0) is 46.9 Å². The van der Waals surface area contributed by atoms with Crippen LogP contribution in [0.2, 0.25) is 0 Å². The van der Waals surface area contributed by atoms with Crippen molar-refractivity contribution < 1.29 is 9.50 Å². The van der Waals surface area contributed by atoms with Crippen molar-refractivity contribution in [3.8, 4) is 5.75 Å². The van der Waals surface area contributed by atoms with Gasteiger partial charge in [-0.25, -0.2) is 4.39 Å². The molecule has 1 rings (SSSR count). The molecule has 0 unspecified atom stereocenters. The predicted octanol–water partition coefficient (Wildman–Crippen LogP) is 2.19. The maximum absolute atomic E-state index is 13.3. The number of nitrogens with two attached hydrogens (primary N) is 1. The summed E-state index contributed by atoms with van der Waals surface area (Å²) in [4.78, 5) is 0. The topological polar surface area (TPSA) is 46.2 Å². The number of aromatic hydroxyl groups is 1. The van der Waals surface area contributed by atoms with Gasteiger partial charge in [0, 0.05) is 0 Å². The third kappa shape index (κ3) is 2.42. The Labute approximate surface area is 84.7 Å². The van der Waals surface area contributed by atoms with Crippen molar-refractivity contribution in [2.45, 2.75) is 12.8 Å². The van der Waals surface area contributed by atoms with Crippen LogP contribution in [-0.2, 0) is 6.42 Å². The fourth-order valence-corrected chi connectivity index (χ4v) is 1.45. The fraction of sp³-hybridized carbons (Fsp3) is 0.333. The lowest BCUT2D eigenvalue weighted by Gasteiger charge is -2.04. The van der Waals surface area contributed by atoms with Crippen LogP contribution in [0.25, 0.3) is 0 Å². The van der Waals surface area contributed by atoms with Crippen LogP contribution in [0.3, 0.4) is 0 Å². The second-order valence-electron chi connectivity index (χ2n) is 2.76. The van der Waals surface area contributed by atoms with Gasteiger partial charge >= 0.3 is 0 Å². The Morgan fingerprint density at radius 2 is 2.15 bits per heavy atom. The summed E-state index contributed by atoms with van der Waals surface area (Å²) in [6.45, 7) is 0.540. The van der Waals surface area contributed by atoms with Gasteiger partial charge in [0.25, 0.3) is 0 Å². The minimum atomic E-state index is -0.395. The smallest absolute Gasteiger partial charge is 0.144 e. The van der Waals surface area contributed by atoms with E-state index in [4.69, 9.17) is 10.8 Å². The number of halogens is 2. The zero-order valence-electron chi connectivity index (χ0n) is 7.06. The van der Waals surface area contributed by atoms with Gasteiger partial charge in [-0.3, -0.25) is 0 Å². The Hall–Kier alpha value is -0.610. The number of aryl methyl sites for hydroxylation is 1. The molecule has 0 aliphatic carbocycles. The number of phenols is 1. The van der Waals surface area contributed by atoms with E-state index in [1.807, 2.05) is 0 Å².